The first kappa shape index (κ1) is 14.7. The lowest BCUT2D eigenvalue weighted by Gasteiger charge is -2.27. The number of halogens is 2. The molecule has 1 aliphatic heterocycles. The topological polar surface area (TPSA) is 47.3 Å². The number of hydrogen-bond acceptors (Lipinski definition) is 3. The second kappa shape index (κ2) is 6.18. The highest BCUT2D eigenvalue weighted by atomic mass is 35.5. The maximum absolute atomic E-state index is 13.5. The van der Waals surface area contributed by atoms with Crippen LogP contribution in [0.15, 0.2) is 18.2 Å². The van der Waals surface area contributed by atoms with Gasteiger partial charge in [-0.2, -0.15) is 0 Å². The molecule has 3 N–H and O–H groups in total. The molecule has 3 nitrogen and oxygen atoms in total. The van der Waals surface area contributed by atoms with Crippen molar-refractivity contribution in [2.45, 2.75) is 31.4 Å². The summed E-state index contributed by atoms with van der Waals surface area (Å²) in [6, 6.07) is 4.70. The van der Waals surface area contributed by atoms with Crippen LogP contribution in [-0.2, 0) is 4.74 Å². The Labute approximate surface area is 118 Å². The largest absolute Gasteiger partial charge is 0.374 e. The molecule has 1 aromatic rings. The number of nitrogens with two attached hydrogens (primary N) is 1. The van der Waals surface area contributed by atoms with Gasteiger partial charge in [-0.25, -0.2) is 4.39 Å². The van der Waals surface area contributed by atoms with E-state index >= 15 is 0 Å². The summed E-state index contributed by atoms with van der Waals surface area (Å²) in [6.45, 7) is 4.00. The summed E-state index contributed by atoms with van der Waals surface area (Å²) in [5.41, 5.74) is 6.43. The summed E-state index contributed by atoms with van der Waals surface area (Å²) in [4.78, 5) is 0. The van der Waals surface area contributed by atoms with Gasteiger partial charge in [0.25, 0.3) is 0 Å². The molecule has 2 atom stereocenters. The molecule has 0 aromatic heterocycles. The SMILES string of the molecule is CC1(CNC(CN)c2ccc(Cl)c(F)c2)CCCO1. The smallest absolute Gasteiger partial charge is 0.142 e. The first-order valence-corrected chi connectivity index (χ1v) is 6.94. The molecule has 0 spiro atoms. The Morgan fingerprint density at radius 1 is 1.58 bits per heavy atom. The summed E-state index contributed by atoms with van der Waals surface area (Å²) in [6.07, 6.45) is 2.12. The highest BCUT2D eigenvalue weighted by Crippen LogP contribution is 2.25. The van der Waals surface area contributed by atoms with E-state index in [0.717, 1.165) is 25.0 Å². The Morgan fingerprint density at radius 2 is 2.37 bits per heavy atom. The molecule has 5 heteroatoms. The third kappa shape index (κ3) is 3.66. The highest BCUT2D eigenvalue weighted by molar-refractivity contribution is 6.30. The average molecular weight is 287 g/mol. The van der Waals surface area contributed by atoms with Crippen LogP contribution in [0, 0.1) is 5.82 Å². The standard InChI is InChI=1S/C14H20ClFN2O/c1-14(5-2-6-19-14)9-18-13(8-17)10-3-4-11(15)12(16)7-10/h3-4,7,13,18H,2,5-6,8-9,17H2,1H3. The van der Waals surface area contributed by atoms with Crippen molar-refractivity contribution in [2.75, 3.05) is 19.7 Å². The molecule has 2 unspecified atom stereocenters. The molecule has 0 radical (unpaired) electrons. The Kier molecular flexibility index (Phi) is 4.79. The first-order chi connectivity index (χ1) is 9.04. The maximum atomic E-state index is 13.5. The molecule has 2 rings (SSSR count). The van der Waals surface area contributed by atoms with E-state index in [-0.39, 0.29) is 16.7 Å². The second-order valence-corrected chi connectivity index (χ2v) is 5.65. The van der Waals surface area contributed by atoms with Crippen LogP contribution in [-0.4, -0.2) is 25.3 Å². The Hall–Kier alpha value is -0.680. The number of ether oxygens (including phenoxy) is 1. The minimum atomic E-state index is -0.414. The normalized spacial score (nSPS) is 24.6. The third-order valence-electron chi connectivity index (χ3n) is 3.60. The van der Waals surface area contributed by atoms with Crippen LogP contribution in [0.25, 0.3) is 0 Å². The molecule has 1 aromatic carbocycles. The molecule has 0 saturated carbocycles. The molecule has 1 fully saturated rings. The number of nitrogens with one attached hydrogen (secondary N) is 1. The van der Waals surface area contributed by atoms with E-state index in [0.29, 0.717) is 13.1 Å². The van der Waals surface area contributed by atoms with Gasteiger partial charge in [0.15, 0.2) is 0 Å². The van der Waals surface area contributed by atoms with Crippen LogP contribution in [0.4, 0.5) is 4.39 Å². The van der Waals surface area contributed by atoms with Crippen LogP contribution >= 0.6 is 11.6 Å². The molecule has 0 aliphatic carbocycles. The monoisotopic (exact) mass is 286 g/mol. The predicted octanol–water partition coefficient (Wildman–Crippen LogP) is 2.64. The van der Waals surface area contributed by atoms with E-state index in [4.69, 9.17) is 22.1 Å². The van der Waals surface area contributed by atoms with Crippen molar-refractivity contribution in [1.29, 1.82) is 0 Å². The lowest BCUT2D eigenvalue weighted by Crippen LogP contribution is -2.41. The van der Waals surface area contributed by atoms with Crippen molar-refractivity contribution in [1.82, 2.24) is 5.32 Å². The van der Waals surface area contributed by atoms with E-state index < -0.39 is 5.82 Å². The van der Waals surface area contributed by atoms with Crippen LogP contribution in [0.5, 0.6) is 0 Å². The summed E-state index contributed by atoms with van der Waals surface area (Å²) in [5, 5.41) is 3.49. The van der Waals surface area contributed by atoms with Gasteiger partial charge in [-0.15, -0.1) is 0 Å². The van der Waals surface area contributed by atoms with Crippen LogP contribution in [0.3, 0.4) is 0 Å². The van der Waals surface area contributed by atoms with Crippen molar-refractivity contribution in [2.24, 2.45) is 5.73 Å². The maximum Gasteiger partial charge on any atom is 0.142 e. The van der Waals surface area contributed by atoms with Crippen molar-refractivity contribution >= 4 is 11.6 Å². The quantitative estimate of drug-likeness (QED) is 0.875. The van der Waals surface area contributed by atoms with Crippen LogP contribution in [0.2, 0.25) is 5.02 Å². The van der Waals surface area contributed by atoms with Gasteiger partial charge in [0.1, 0.15) is 5.82 Å². The molecule has 1 aliphatic rings. The Bertz CT molecular complexity index is 435. The molecule has 0 bridgehead atoms. The zero-order valence-electron chi connectivity index (χ0n) is 11.1. The summed E-state index contributed by atoms with van der Waals surface area (Å²) in [7, 11) is 0. The first-order valence-electron chi connectivity index (χ1n) is 6.56. The Balaban J connectivity index is 2.01. The minimum Gasteiger partial charge on any atom is -0.374 e. The van der Waals surface area contributed by atoms with Crippen LogP contribution < -0.4 is 11.1 Å². The zero-order chi connectivity index (χ0) is 13.9. The van der Waals surface area contributed by atoms with Gasteiger partial charge in [-0.3, -0.25) is 0 Å². The molecule has 19 heavy (non-hydrogen) atoms. The molecular weight excluding hydrogens is 267 g/mol. The summed E-state index contributed by atoms with van der Waals surface area (Å²) in [5.74, 6) is -0.414. The van der Waals surface area contributed by atoms with Gasteiger partial charge in [0, 0.05) is 25.7 Å². The van der Waals surface area contributed by atoms with Gasteiger partial charge < -0.3 is 15.8 Å². The minimum absolute atomic E-state index is 0.0900. The van der Waals surface area contributed by atoms with E-state index in [1.807, 2.05) is 0 Å². The van der Waals surface area contributed by atoms with Crippen LogP contribution in [0.1, 0.15) is 31.4 Å². The van der Waals surface area contributed by atoms with Gasteiger partial charge in [-0.05, 0) is 37.5 Å². The molecule has 106 valence electrons. The fraction of sp³-hybridized carbons (Fsp3) is 0.571. The lowest BCUT2D eigenvalue weighted by atomic mass is 10.0. The Morgan fingerprint density at radius 3 is 2.95 bits per heavy atom. The molecule has 1 saturated heterocycles. The number of benzene rings is 1. The number of hydrogen-bond donors (Lipinski definition) is 2. The van der Waals surface area contributed by atoms with E-state index in [2.05, 4.69) is 12.2 Å². The molecule has 1 heterocycles. The van der Waals surface area contributed by atoms with Crippen molar-refractivity contribution in [3.63, 3.8) is 0 Å². The molecular formula is C14H20ClFN2O. The fourth-order valence-electron chi connectivity index (χ4n) is 2.38. The van der Waals surface area contributed by atoms with Crippen molar-refractivity contribution in [3.05, 3.63) is 34.6 Å². The van der Waals surface area contributed by atoms with Gasteiger partial charge >= 0.3 is 0 Å². The highest BCUT2D eigenvalue weighted by Gasteiger charge is 2.30. The third-order valence-corrected chi connectivity index (χ3v) is 3.91. The van der Waals surface area contributed by atoms with E-state index in [1.54, 1.807) is 12.1 Å². The predicted molar refractivity (Wildman–Crippen MR) is 74.8 cm³/mol. The van der Waals surface area contributed by atoms with Crippen molar-refractivity contribution in [3.8, 4) is 0 Å². The van der Waals surface area contributed by atoms with Gasteiger partial charge in [0.05, 0.1) is 10.6 Å². The lowest BCUT2D eigenvalue weighted by molar-refractivity contribution is 0.0189. The molecule has 0 amide bonds. The fourth-order valence-corrected chi connectivity index (χ4v) is 2.50. The van der Waals surface area contributed by atoms with E-state index in [1.165, 1.54) is 6.07 Å². The van der Waals surface area contributed by atoms with Gasteiger partial charge in [0.2, 0.25) is 0 Å². The average Bonchev–Trinajstić information content (AvgIpc) is 2.81. The van der Waals surface area contributed by atoms with Crippen molar-refractivity contribution < 1.29 is 9.13 Å². The summed E-state index contributed by atoms with van der Waals surface area (Å²) < 4.78 is 19.2. The van der Waals surface area contributed by atoms with Gasteiger partial charge in [-0.1, -0.05) is 17.7 Å². The second-order valence-electron chi connectivity index (χ2n) is 5.24. The zero-order valence-corrected chi connectivity index (χ0v) is 11.8. The number of rotatable bonds is 5. The summed E-state index contributed by atoms with van der Waals surface area (Å²) >= 11 is 5.68. The van der Waals surface area contributed by atoms with E-state index in [9.17, 15) is 4.39 Å².